The molecule has 1 aliphatic rings. The lowest BCUT2D eigenvalue weighted by atomic mass is 10.1. The average molecular weight is 404 g/mol. The molecule has 0 unspecified atom stereocenters. The highest BCUT2D eigenvalue weighted by Gasteiger charge is 2.18. The summed E-state index contributed by atoms with van der Waals surface area (Å²) in [6, 6.07) is 17.5. The fourth-order valence-corrected chi connectivity index (χ4v) is 4.48. The van der Waals surface area contributed by atoms with Gasteiger partial charge in [-0.1, -0.05) is 48.5 Å². The third-order valence-electron chi connectivity index (χ3n) is 6.03. The first-order chi connectivity index (χ1) is 14.7. The van der Waals surface area contributed by atoms with Crippen molar-refractivity contribution in [3.63, 3.8) is 0 Å². The number of benzene rings is 2. The van der Waals surface area contributed by atoms with Gasteiger partial charge in [0.05, 0.1) is 19.6 Å². The largest absolute Gasteiger partial charge is 0.385 e. The van der Waals surface area contributed by atoms with Gasteiger partial charge in [0.2, 0.25) is 0 Å². The number of para-hydroxylation sites is 1. The molecule has 156 valence electrons. The fraction of sp³-hybridized carbons (Fsp3) is 0.346. The number of ketones is 1. The first kappa shape index (κ1) is 20.6. The van der Waals surface area contributed by atoms with E-state index in [2.05, 4.69) is 22.9 Å². The zero-order valence-corrected chi connectivity index (χ0v) is 17.5. The minimum Gasteiger partial charge on any atom is -0.385 e. The lowest BCUT2D eigenvalue weighted by Gasteiger charge is -2.21. The maximum atomic E-state index is 12.5. The van der Waals surface area contributed by atoms with E-state index in [1.165, 1.54) is 43.7 Å². The number of aliphatic hydroxyl groups is 1. The lowest BCUT2D eigenvalue weighted by Crippen LogP contribution is -3.13. The Hall–Kier alpha value is -2.69. The molecular formula is C26H31N2O2+. The van der Waals surface area contributed by atoms with Crippen molar-refractivity contribution < 1.29 is 14.8 Å². The van der Waals surface area contributed by atoms with E-state index in [1.807, 2.05) is 48.5 Å². The van der Waals surface area contributed by atoms with Gasteiger partial charge in [0.1, 0.15) is 12.6 Å². The Bertz CT molecular complexity index is 998. The Morgan fingerprint density at radius 3 is 2.47 bits per heavy atom. The normalized spacial score (nSPS) is 16.7. The van der Waals surface area contributed by atoms with Crippen LogP contribution in [0.4, 0.5) is 0 Å². The highest BCUT2D eigenvalue weighted by Crippen LogP contribution is 2.23. The van der Waals surface area contributed by atoms with Crippen molar-refractivity contribution in [2.75, 3.05) is 19.6 Å². The monoisotopic (exact) mass is 403 g/mol. The van der Waals surface area contributed by atoms with Crippen LogP contribution >= 0.6 is 0 Å². The molecule has 0 aliphatic carbocycles. The van der Waals surface area contributed by atoms with Gasteiger partial charge < -0.3 is 14.6 Å². The van der Waals surface area contributed by atoms with Crippen LogP contribution in [-0.2, 0) is 6.54 Å². The lowest BCUT2D eigenvalue weighted by molar-refractivity contribution is -0.902. The Balaban J connectivity index is 1.50. The quantitative estimate of drug-likeness (QED) is 0.469. The van der Waals surface area contributed by atoms with Crippen LogP contribution in [-0.4, -0.2) is 41.2 Å². The third-order valence-corrected chi connectivity index (χ3v) is 6.03. The second-order valence-corrected chi connectivity index (χ2v) is 8.34. The van der Waals surface area contributed by atoms with Gasteiger partial charge in [-0.3, -0.25) is 4.79 Å². The van der Waals surface area contributed by atoms with Gasteiger partial charge in [0.15, 0.2) is 5.78 Å². The number of fused-ring (bicyclic) bond motifs is 1. The van der Waals surface area contributed by atoms with Crippen molar-refractivity contribution in [1.29, 1.82) is 0 Å². The topological polar surface area (TPSA) is 46.7 Å². The van der Waals surface area contributed by atoms with Crippen molar-refractivity contribution in [2.45, 2.75) is 38.3 Å². The van der Waals surface area contributed by atoms with Gasteiger partial charge in [0.25, 0.3) is 0 Å². The number of allylic oxidation sites excluding steroid dienone is 1. The van der Waals surface area contributed by atoms with Crippen molar-refractivity contribution in [3.8, 4) is 0 Å². The van der Waals surface area contributed by atoms with E-state index in [-0.39, 0.29) is 11.9 Å². The van der Waals surface area contributed by atoms with Crippen molar-refractivity contribution >= 4 is 22.8 Å². The standard InChI is InChI=1S/C26H30N2O2/c29-23(19-27-16-8-1-2-9-17-27)20-28-18-22(24-12-6-7-13-25(24)28)14-15-26(30)21-10-4-3-5-11-21/h3-7,10-15,18,23,29H,1-2,8-9,16-17,19-20H2/p+1/b15-14+/t23-/m0/s1. The summed E-state index contributed by atoms with van der Waals surface area (Å²) in [6.45, 7) is 3.70. The summed E-state index contributed by atoms with van der Waals surface area (Å²) in [4.78, 5) is 14.0. The molecule has 4 rings (SSSR count). The number of nitrogens with one attached hydrogen (secondary N) is 1. The molecule has 4 nitrogen and oxygen atoms in total. The first-order valence-electron chi connectivity index (χ1n) is 11.1. The van der Waals surface area contributed by atoms with Crippen LogP contribution in [0.15, 0.2) is 66.9 Å². The van der Waals surface area contributed by atoms with Gasteiger partial charge in [-0.05, 0) is 43.9 Å². The van der Waals surface area contributed by atoms with Gasteiger partial charge in [0, 0.05) is 28.2 Å². The maximum absolute atomic E-state index is 12.5. The van der Waals surface area contributed by atoms with Crippen LogP contribution in [0.3, 0.4) is 0 Å². The summed E-state index contributed by atoms with van der Waals surface area (Å²) in [5, 5.41) is 11.9. The number of carbonyl (C=O) groups excluding carboxylic acids is 1. The maximum Gasteiger partial charge on any atom is 0.185 e. The van der Waals surface area contributed by atoms with Gasteiger partial charge in [-0.2, -0.15) is 0 Å². The average Bonchev–Trinajstić information content (AvgIpc) is 2.92. The summed E-state index contributed by atoms with van der Waals surface area (Å²) in [5.74, 6) is -0.00257. The molecule has 3 aromatic rings. The summed E-state index contributed by atoms with van der Waals surface area (Å²) in [7, 11) is 0. The van der Waals surface area contributed by atoms with E-state index in [0.717, 1.165) is 23.0 Å². The molecular weight excluding hydrogens is 372 g/mol. The number of hydrogen-bond acceptors (Lipinski definition) is 2. The zero-order chi connectivity index (χ0) is 20.8. The molecule has 4 heteroatoms. The van der Waals surface area contributed by atoms with Crippen LogP contribution < -0.4 is 4.90 Å². The predicted octanol–water partition coefficient (Wildman–Crippen LogP) is 3.36. The number of likely N-dealkylation sites (tertiary alicyclic amines) is 1. The van der Waals surface area contributed by atoms with E-state index in [9.17, 15) is 9.90 Å². The van der Waals surface area contributed by atoms with E-state index in [4.69, 9.17) is 0 Å². The van der Waals surface area contributed by atoms with Gasteiger partial charge in [-0.25, -0.2) is 0 Å². The van der Waals surface area contributed by atoms with Crippen molar-refractivity contribution in [3.05, 3.63) is 78.0 Å². The summed E-state index contributed by atoms with van der Waals surface area (Å²) < 4.78 is 2.13. The fourth-order valence-electron chi connectivity index (χ4n) is 4.48. The molecule has 0 spiro atoms. The van der Waals surface area contributed by atoms with Crippen LogP contribution in [0.2, 0.25) is 0 Å². The van der Waals surface area contributed by atoms with Crippen molar-refractivity contribution in [1.82, 2.24) is 4.57 Å². The van der Waals surface area contributed by atoms with Crippen LogP contribution in [0.25, 0.3) is 17.0 Å². The highest BCUT2D eigenvalue weighted by atomic mass is 16.3. The van der Waals surface area contributed by atoms with E-state index >= 15 is 0 Å². The summed E-state index contributed by atoms with van der Waals surface area (Å²) in [6.07, 6.45) is 10.4. The molecule has 1 atom stereocenters. The molecule has 1 aliphatic heterocycles. The summed E-state index contributed by atoms with van der Waals surface area (Å²) in [5.41, 5.74) is 2.78. The predicted molar refractivity (Wildman–Crippen MR) is 122 cm³/mol. The zero-order valence-electron chi connectivity index (χ0n) is 17.5. The smallest absolute Gasteiger partial charge is 0.185 e. The van der Waals surface area contributed by atoms with Crippen LogP contribution in [0.5, 0.6) is 0 Å². The van der Waals surface area contributed by atoms with Crippen LogP contribution in [0.1, 0.15) is 41.6 Å². The van der Waals surface area contributed by atoms with Gasteiger partial charge >= 0.3 is 0 Å². The molecule has 1 saturated heterocycles. The Morgan fingerprint density at radius 1 is 1.00 bits per heavy atom. The SMILES string of the molecule is O=C(/C=C/c1cn(C[C@@H](O)C[NH+]2CCCCCC2)c2ccccc12)c1ccccc1. The molecule has 30 heavy (non-hydrogen) atoms. The minimum atomic E-state index is -0.378. The number of aliphatic hydroxyl groups excluding tert-OH is 1. The van der Waals surface area contributed by atoms with Crippen molar-refractivity contribution in [2.24, 2.45) is 0 Å². The Kier molecular flexibility index (Phi) is 6.77. The highest BCUT2D eigenvalue weighted by molar-refractivity contribution is 6.07. The second-order valence-electron chi connectivity index (χ2n) is 8.34. The molecule has 0 radical (unpaired) electrons. The number of carbonyl (C=O) groups is 1. The minimum absolute atomic E-state index is 0.00257. The van der Waals surface area contributed by atoms with E-state index in [0.29, 0.717) is 12.1 Å². The number of quaternary nitrogens is 1. The van der Waals surface area contributed by atoms with E-state index in [1.54, 1.807) is 6.08 Å². The van der Waals surface area contributed by atoms with E-state index < -0.39 is 0 Å². The first-order valence-corrected chi connectivity index (χ1v) is 11.1. The number of hydrogen-bond donors (Lipinski definition) is 2. The van der Waals surface area contributed by atoms with Crippen LogP contribution in [0, 0.1) is 0 Å². The molecule has 0 bridgehead atoms. The molecule has 2 heterocycles. The molecule has 0 saturated carbocycles. The third kappa shape index (κ3) is 5.07. The summed E-state index contributed by atoms with van der Waals surface area (Å²) >= 11 is 0. The molecule has 1 aromatic heterocycles. The van der Waals surface area contributed by atoms with Gasteiger partial charge in [-0.15, -0.1) is 0 Å². The Labute approximate surface area is 178 Å². The molecule has 2 N–H and O–H groups in total. The second kappa shape index (κ2) is 9.88. The molecule has 0 amide bonds. The molecule has 1 fully saturated rings. The number of nitrogens with zero attached hydrogens (tertiary/aromatic N) is 1. The molecule has 2 aromatic carbocycles. The number of rotatable bonds is 7. The Morgan fingerprint density at radius 2 is 1.70 bits per heavy atom. The number of aromatic nitrogens is 1.